The maximum atomic E-state index is 13.2. The zero-order valence-corrected chi connectivity index (χ0v) is 23.2. The number of pyridine rings is 2. The van der Waals surface area contributed by atoms with Gasteiger partial charge in [-0.05, 0) is 88.5 Å². The number of nitrogens with zero attached hydrogens (tertiary/aromatic N) is 5. The van der Waals surface area contributed by atoms with Crippen LogP contribution < -0.4 is 0 Å². The second-order valence-corrected chi connectivity index (χ2v) is 11.1. The number of benzene rings is 1. The zero-order valence-electron chi connectivity index (χ0n) is 21.6. The molecule has 2 fully saturated rings. The zero-order chi connectivity index (χ0) is 25.8. The number of carbonyl (C=O) groups is 1. The second-order valence-electron chi connectivity index (χ2n) is 10.2. The summed E-state index contributed by atoms with van der Waals surface area (Å²) in [6.45, 7) is 8.45. The molecule has 1 aromatic carbocycles. The van der Waals surface area contributed by atoms with Gasteiger partial charge in [-0.1, -0.05) is 33.2 Å². The number of fused-ring (bicyclic) bond motifs is 1. The Morgan fingerprint density at radius 1 is 1.08 bits per heavy atom. The summed E-state index contributed by atoms with van der Waals surface area (Å²) in [6.07, 6.45) is 7.52. The number of aromatic nitrogens is 2. The fourth-order valence-electron chi connectivity index (χ4n) is 5.56. The molecule has 8 heteroatoms. The molecule has 0 spiro atoms. The van der Waals surface area contributed by atoms with Crippen molar-refractivity contribution < 1.29 is 9.63 Å². The van der Waals surface area contributed by atoms with Gasteiger partial charge in [-0.15, -0.1) is 0 Å². The number of amides is 1. The summed E-state index contributed by atoms with van der Waals surface area (Å²) in [4.78, 5) is 32.0. The highest BCUT2D eigenvalue weighted by Gasteiger charge is 2.39. The Bertz CT molecular complexity index is 1260. The summed E-state index contributed by atoms with van der Waals surface area (Å²) >= 11 is 3.53. The van der Waals surface area contributed by atoms with E-state index in [0.717, 1.165) is 78.5 Å². The van der Waals surface area contributed by atoms with Gasteiger partial charge in [0.25, 0.3) is 5.91 Å². The van der Waals surface area contributed by atoms with Gasteiger partial charge >= 0.3 is 0 Å². The predicted molar refractivity (Wildman–Crippen MR) is 150 cm³/mol. The highest BCUT2D eigenvalue weighted by atomic mass is 79.9. The van der Waals surface area contributed by atoms with Crippen molar-refractivity contribution in [3.05, 3.63) is 70.6 Å². The molecule has 0 radical (unpaired) electrons. The lowest BCUT2D eigenvalue weighted by Crippen LogP contribution is -2.56. The highest BCUT2D eigenvalue weighted by molar-refractivity contribution is 9.10. The Labute approximate surface area is 227 Å². The van der Waals surface area contributed by atoms with Crippen LogP contribution in [0.4, 0.5) is 0 Å². The molecule has 37 heavy (non-hydrogen) atoms. The van der Waals surface area contributed by atoms with Crippen molar-refractivity contribution in [1.82, 2.24) is 19.8 Å². The Kier molecular flexibility index (Phi) is 7.86. The second kappa shape index (κ2) is 11.3. The SMILES string of the molecule is CCO/N=C(\c1ccc(Br)cc1)C1CCN(C2(C)CCN(C(=O)c3ccc4cnccc4n3)CC2)CC1. The van der Waals surface area contributed by atoms with Crippen LogP contribution in [0.2, 0.25) is 0 Å². The van der Waals surface area contributed by atoms with E-state index in [1.54, 1.807) is 12.4 Å². The molecular formula is C29H34BrN5O2. The van der Waals surface area contributed by atoms with Crippen LogP contribution in [0, 0.1) is 5.92 Å². The number of hydrogen-bond donors (Lipinski definition) is 0. The first kappa shape index (κ1) is 25.8. The Morgan fingerprint density at radius 2 is 1.81 bits per heavy atom. The van der Waals surface area contributed by atoms with Crippen LogP contribution >= 0.6 is 15.9 Å². The van der Waals surface area contributed by atoms with E-state index in [1.807, 2.05) is 30.0 Å². The van der Waals surface area contributed by atoms with Gasteiger partial charge in [0.2, 0.25) is 0 Å². The standard InChI is InChI=1S/C29H34BrN5O2/c1-3-37-33-27(21-4-7-24(30)8-5-21)22-11-16-35(17-12-22)29(2)13-18-34(19-14-29)28(36)26-9-6-23-20-31-15-10-25(23)32-26/h4-10,15,20,22H,3,11-14,16-19H2,1-2H3/b33-27+. The van der Waals surface area contributed by atoms with Gasteiger partial charge in [0.1, 0.15) is 12.3 Å². The van der Waals surface area contributed by atoms with E-state index >= 15 is 0 Å². The molecule has 1 amide bonds. The molecule has 0 saturated carbocycles. The maximum Gasteiger partial charge on any atom is 0.272 e. The molecule has 0 aliphatic carbocycles. The summed E-state index contributed by atoms with van der Waals surface area (Å²) in [6, 6.07) is 14.0. The summed E-state index contributed by atoms with van der Waals surface area (Å²) < 4.78 is 1.06. The van der Waals surface area contributed by atoms with Crippen LogP contribution in [0.25, 0.3) is 10.9 Å². The van der Waals surface area contributed by atoms with Crippen LogP contribution in [0.3, 0.4) is 0 Å². The van der Waals surface area contributed by atoms with E-state index < -0.39 is 0 Å². The van der Waals surface area contributed by atoms with E-state index in [-0.39, 0.29) is 11.4 Å². The van der Waals surface area contributed by atoms with Crippen molar-refractivity contribution in [2.45, 2.75) is 45.1 Å². The fourth-order valence-corrected chi connectivity index (χ4v) is 5.83. The molecule has 2 aliphatic rings. The maximum absolute atomic E-state index is 13.2. The third-order valence-electron chi connectivity index (χ3n) is 7.91. The first-order valence-electron chi connectivity index (χ1n) is 13.2. The molecule has 3 aromatic rings. The number of hydrogen-bond acceptors (Lipinski definition) is 6. The molecule has 0 bridgehead atoms. The topological polar surface area (TPSA) is 70.9 Å². The summed E-state index contributed by atoms with van der Waals surface area (Å²) in [7, 11) is 0. The van der Waals surface area contributed by atoms with Gasteiger partial charge in [-0.2, -0.15) is 0 Å². The van der Waals surface area contributed by atoms with Gasteiger partial charge < -0.3 is 9.74 Å². The minimum absolute atomic E-state index is 0.0192. The van der Waals surface area contributed by atoms with Crippen molar-refractivity contribution in [3.63, 3.8) is 0 Å². The van der Waals surface area contributed by atoms with Crippen LogP contribution in [-0.4, -0.2) is 69.7 Å². The minimum atomic E-state index is 0.0192. The molecular weight excluding hydrogens is 530 g/mol. The van der Waals surface area contributed by atoms with E-state index in [0.29, 0.717) is 18.2 Å². The number of rotatable bonds is 6. The molecule has 2 aromatic heterocycles. The van der Waals surface area contributed by atoms with E-state index in [9.17, 15) is 4.79 Å². The lowest BCUT2D eigenvalue weighted by Gasteiger charge is -2.49. The normalized spacial score (nSPS) is 19.2. The average molecular weight is 565 g/mol. The molecule has 2 saturated heterocycles. The van der Waals surface area contributed by atoms with Crippen LogP contribution in [0.5, 0.6) is 0 Å². The van der Waals surface area contributed by atoms with Crippen LogP contribution in [-0.2, 0) is 4.84 Å². The van der Waals surface area contributed by atoms with E-state index in [2.05, 4.69) is 67.1 Å². The van der Waals surface area contributed by atoms with Gasteiger partial charge in [0.15, 0.2) is 0 Å². The first-order valence-corrected chi connectivity index (χ1v) is 14.0. The molecule has 0 atom stereocenters. The number of carbonyl (C=O) groups excluding carboxylic acids is 1. The monoisotopic (exact) mass is 563 g/mol. The quantitative estimate of drug-likeness (QED) is 0.291. The predicted octanol–water partition coefficient (Wildman–Crippen LogP) is 5.54. The average Bonchev–Trinajstić information content (AvgIpc) is 2.94. The summed E-state index contributed by atoms with van der Waals surface area (Å²) in [5.74, 6) is 0.397. The molecule has 0 N–H and O–H groups in total. The van der Waals surface area contributed by atoms with Crippen LogP contribution in [0.1, 0.15) is 55.6 Å². The van der Waals surface area contributed by atoms with Crippen LogP contribution in [0.15, 0.2) is 64.5 Å². The van der Waals surface area contributed by atoms with Crippen molar-refractivity contribution in [2.24, 2.45) is 11.1 Å². The number of oxime groups is 1. The lowest BCUT2D eigenvalue weighted by atomic mass is 9.82. The Balaban J connectivity index is 1.20. The molecule has 7 nitrogen and oxygen atoms in total. The molecule has 0 unspecified atom stereocenters. The van der Waals surface area contributed by atoms with Gasteiger partial charge in [0.05, 0.1) is 11.2 Å². The third-order valence-corrected chi connectivity index (χ3v) is 8.44. The Hall–Kier alpha value is -2.84. The molecule has 2 aliphatic heterocycles. The van der Waals surface area contributed by atoms with E-state index in [4.69, 9.17) is 4.84 Å². The van der Waals surface area contributed by atoms with Gasteiger partial charge in [-0.3, -0.25) is 14.7 Å². The number of halogens is 1. The fraction of sp³-hybridized carbons (Fsp3) is 0.448. The lowest BCUT2D eigenvalue weighted by molar-refractivity contribution is 0.0160. The smallest absolute Gasteiger partial charge is 0.272 e. The first-order chi connectivity index (χ1) is 18.0. The number of piperidine rings is 2. The van der Waals surface area contributed by atoms with Gasteiger partial charge in [0, 0.05) is 46.8 Å². The molecule has 194 valence electrons. The van der Waals surface area contributed by atoms with Crippen molar-refractivity contribution >= 4 is 38.5 Å². The minimum Gasteiger partial charge on any atom is -0.396 e. The van der Waals surface area contributed by atoms with Crippen molar-refractivity contribution in [2.75, 3.05) is 32.8 Å². The molecule has 5 rings (SSSR count). The van der Waals surface area contributed by atoms with Crippen molar-refractivity contribution in [3.8, 4) is 0 Å². The summed E-state index contributed by atoms with van der Waals surface area (Å²) in [5.41, 5.74) is 3.60. The largest absolute Gasteiger partial charge is 0.396 e. The third kappa shape index (κ3) is 5.70. The number of likely N-dealkylation sites (tertiary alicyclic amines) is 2. The van der Waals surface area contributed by atoms with E-state index in [1.165, 1.54) is 0 Å². The van der Waals surface area contributed by atoms with Gasteiger partial charge in [-0.25, -0.2) is 4.98 Å². The molecule has 4 heterocycles. The summed E-state index contributed by atoms with van der Waals surface area (Å²) in [5, 5.41) is 5.47. The highest BCUT2D eigenvalue weighted by Crippen LogP contribution is 2.34. The van der Waals surface area contributed by atoms with Crippen molar-refractivity contribution in [1.29, 1.82) is 0 Å². The Morgan fingerprint density at radius 3 is 2.51 bits per heavy atom.